The lowest BCUT2D eigenvalue weighted by atomic mass is 10.1. The highest BCUT2D eigenvalue weighted by molar-refractivity contribution is 5.85. The van der Waals surface area contributed by atoms with Gasteiger partial charge in [0.25, 0.3) is 0 Å². The number of carbonyl (C=O) groups is 2. The van der Waals surface area contributed by atoms with Crippen LogP contribution in [0.15, 0.2) is 0 Å². The van der Waals surface area contributed by atoms with Crippen LogP contribution in [0.2, 0.25) is 0 Å². The molecule has 1 saturated heterocycles. The lowest BCUT2D eigenvalue weighted by molar-refractivity contribution is -0.124. The van der Waals surface area contributed by atoms with E-state index >= 15 is 0 Å². The molecule has 0 aromatic carbocycles. The van der Waals surface area contributed by atoms with E-state index in [4.69, 9.17) is 10.5 Å². The topological polar surface area (TPSA) is 92.9 Å². The molecule has 0 bridgehead atoms. The van der Waals surface area contributed by atoms with Gasteiger partial charge in [0.2, 0.25) is 5.91 Å². The van der Waals surface area contributed by atoms with Gasteiger partial charge in [0.15, 0.2) is 0 Å². The van der Waals surface area contributed by atoms with Gasteiger partial charge in [-0.1, -0.05) is 0 Å². The Morgan fingerprint density at radius 1 is 1.44 bits per heavy atom. The maximum atomic E-state index is 11.7. The van der Waals surface area contributed by atoms with E-state index in [-0.39, 0.29) is 6.54 Å². The number of carbonyl (C=O) groups excluding carboxylic acids is 2. The Morgan fingerprint density at radius 3 is 2.44 bits per heavy atom. The van der Waals surface area contributed by atoms with Crippen LogP contribution in [0, 0.1) is 0 Å². The second kappa shape index (κ2) is 4.29. The molecule has 0 spiro atoms. The maximum Gasteiger partial charge on any atom is 0.411 e. The van der Waals surface area contributed by atoms with Crippen molar-refractivity contribution in [3.8, 4) is 0 Å². The second-order valence-corrected chi connectivity index (χ2v) is 4.88. The molecule has 2 unspecified atom stereocenters. The summed E-state index contributed by atoms with van der Waals surface area (Å²) in [6.45, 7) is 5.48. The Morgan fingerprint density at radius 2 is 2.00 bits per heavy atom. The van der Waals surface area contributed by atoms with Crippen LogP contribution in [-0.2, 0) is 9.53 Å². The molecule has 1 rings (SSSR count). The Hall–Kier alpha value is -1.30. The number of amides is 2. The minimum absolute atomic E-state index is 0.281. The number of nitrogens with zero attached hydrogens (tertiary/aromatic N) is 1. The highest BCUT2D eigenvalue weighted by atomic mass is 16.6. The second-order valence-electron chi connectivity index (χ2n) is 4.88. The van der Waals surface area contributed by atoms with E-state index < -0.39 is 29.7 Å². The fraction of sp³-hybridized carbons (Fsp3) is 0.800. The predicted octanol–water partition coefficient (Wildman–Crippen LogP) is -0.158. The number of likely N-dealkylation sites (tertiary alicyclic amines) is 1. The van der Waals surface area contributed by atoms with Gasteiger partial charge in [0.1, 0.15) is 11.6 Å². The van der Waals surface area contributed by atoms with Crippen molar-refractivity contribution in [2.45, 2.75) is 44.9 Å². The Bertz CT molecular complexity index is 298. The van der Waals surface area contributed by atoms with Crippen LogP contribution in [0.1, 0.15) is 27.2 Å². The van der Waals surface area contributed by atoms with Crippen molar-refractivity contribution in [2.24, 2.45) is 5.73 Å². The van der Waals surface area contributed by atoms with Gasteiger partial charge in [0.05, 0.1) is 6.10 Å². The quantitative estimate of drug-likeness (QED) is 0.654. The molecule has 0 aromatic rings. The van der Waals surface area contributed by atoms with Crippen LogP contribution in [-0.4, -0.2) is 46.3 Å². The van der Waals surface area contributed by atoms with E-state index in [2.05, 4.69) is 0 Å². The van der Waals surface area contributed by atoms with Crippen molar-refractivity contribution in [3.05, 3.63) is 0 Å². The number of aliphatic hydroxyl groups is 1. The average molecular weight is 230 g/mol. The summed E-state index contributed by atoms with van der Waals surface area (Å²) in [5.74, 6) is -0.712. The van der Waals surface area contributed by atoms with Crippen molar-refractivity contribution < 1.29 is 19.4 Å². The van der Waals surface area contributed by atoms with Crippen molar-refractivity contribution in [1.82, 2.24) is 4.90 Å². The van der Waals surface area contributed by atoms with E-state index in [0.717, 1.165) is 0 Å². The normalized spacial score (nSPS) is 25.6. The smallest absolute Gasteiger partial charge is 0.411 e. The van der Waals surface area contributed by atoms with E-state index in [1.807, 2.05) is 0 Å². The summed E-state index contributed by atoms with van der Waals surface area (Å²) in [4.78, 5) is 24.0. The number of ether oxygens (including phenoxy) is 1. The minimum Gasteiger partial charge on any atom is -0.444 e. The van der Waals surface area contributed by atoms with E-state index in [1.165, 1.54) is 4.90 Å². The molecule has 1 aliphatic rings. The van der Waals surface area contributed by atoms with Gasteiger partial charge in [-0.05, 0) is 27.2 Å². The third-order valence-electron chi connectivity index (χ3n) is 2.29. The number of hydrogen-bond donors (Lipinski definition) is 2. The van der Waals surface area contributed by atoms with Crippen molar-refractivity contribution in [2.75, 3.05) is 6.54 Å². The lowest BCUT2D eigenvalue weighted by Crippen LogP contribution is -2.49. The molecule has 0 aromatic heterocycles. The van der Waals surface area contributed by atoms with Crippen LogP contribution in [0.5, 0.6) is 0 Å². The van der Waals surface area contributed by atoms with Gasteiger partial charge in [-0.2, -0.15) is 0 Å². The van der Waals surface area contributed by atoms with Gasteiger partial charge in [-0.15, -0.1) is 0 Å². The molecule has 3 N–H and O–H groups in total. The Labute approximate surface area is 94.3 Å². The van der Waals surface area contributed by atoms with Crippen LogP contribution >= 0.6 is 0 Å². The molecular formula is C10H18N2O4. The molecule has 2 amide bonds. The zero-order valence-electron chi connectivity index (χ0n) is 9.77. The molecule has 0 aliphatic carbocycles. The molecule has 0 radical (unpaired) electrons. The summed E-state index contributed by atoms with van der Waals surface area (Å²) >= 11 is 0. The first-order valence-electron chi connectivity index (χ1n) is 5.19. The highest BCUT2D eigenvalue weighted by Gasteiger charge is 2.41. The average Bonchev–Trinajstić information content (AvgIpc) is 2.43. The molecule has 6 heteroatoms. The largest absolute Gasteiger partial charge is 0.444 e. The Kier molecular flexibility index (Phi) is 3.42. The number of aliphatic hydroxyl groups excluding tert-OH is 1. The SMILES string of the molecule is CC(C)(C)OC(=O)N1CCC(O)C1C(N)=O. The molecule has 16 heavy (non-hydrogen) atoms. The van der Waals surface area contributed by atoms with Gasteiger partial charge < -0.3 is 15.6 Å². The Balaban J connectivity index is 2.73. The summed E-state index contributed by atoms with van der Waals surface area (Å²) in [5, 5.41) is 9.53. The predicted molar refractivity (Wildman–Crippen MR) is 56.5 cm³/mol. The zero-order chi connectivity index (χ0) is 12.5. The molecule has 2 atom stereocenters. The van der Waals surface area contributed by atoms with Gasteiger partial charge in [0, 0.05) is 6.54 Å². The highest BCUT2D eigenvalue weighted by Crippen LogP contribution is 2.20. The van der Waals surface area contributed by atoms with Crippen LogP contribution in [0.4, 0.5) is 4.79 Å². The zero-order valence-corrected chi connectivity index (χ0v) is 9.77. The number of primary amides is 1. The molecule has 92 valence electrons. The van der Waals surface area contributed by atoms with E-state index in [1.54, 1.807) is 20.8 Å². The monoisotopic (exact) mass is 230 g/mol. The maximum absolute atomic E-state index is 11.7. The van der Waals surface area contributed by atoms with Gasteiger partial charge >= 0.3 is 6.09 Å². The number of rotatable bonds is 1. The van der Waals surface area contributed by atoms with Crippen molar-refractivity contribution in [1.29, 1.82) is 0 Å². The number of hydrogen-bond acceptors (Lipinski definition) is 4. The van der Waals surface area contributed by atoms with E-state index in [0.29, 0.717) is 6.42 Å². The standard InChI is InChI=1S/C10H18N2O4/c1-10(2,3)16-9(15)12-5-4-6(13)7(12)8(11)14/h6-7,13H,4-5H2,1-3H3,(H2,11,14). The third kappa shape index (κ3) is 2.85. The van der Waals surface area contributed by atoms with Crippen LogP contribution in [0.3, 0.4) is 0 Å². The van der Waals surface area contributed by atoms with Crippen molar-refractivity contribution >= 4 is 12.0 Å². The third-order valence-corrected chi connectivity index (χ3v) is 2.29. The fourth-order valence-electron chi connectivity index (χ4n) is 1.64. The summed E-state index contributed by atoms with van der Waals surface area (Å²) in [7, 11) is 0. The summed E-state index contributed by atoms with van der Waals surface area (Å²) in [6.07, 6.45) is -1.18. The molecule has 1 fully saturated rings. The van der Waals surface area contributed by atoms with Crippen molar-refractivity contribution in [3.63, 3.8) is 0 Å². The summed E-state index contributed by atoms with van der Waals surface area (Å²) in [6, 6.07) is -0.977. The number of nitrogens with two attached hydrogens (primary N) is 1. The van der Waals surface area contributed by atoms with Gasteiger partial charge in [-0.3, -0.25) is 9.69 Å². The van der Waals surface area contributed by atoms with E-state index in [9.17, 15) is 14.7 Å². The molecule has 1 aliphatic heterocycles. The molecule has 0 saturated carbocycles. The van der Waals surface area contributed by atoms with Crippen LogP contribution < -0.4 is 5.73 Å². The molecule has 6 nitrogen and oxygen atoms in total. The first-order chi connectivity index (χ1) is 7.22. The molecular weight excluding hydrogens is 212 g/mol. The van der Waals surface area contributed by atoms with Gasteiger partial charge in [-0.25, -0.2) is 4.79 Å². The molecule has 1 heterocycles. The first-order valence-corrected chi connectivity index (χ1v) is 5.19. The summed E-state index contributed by atoms with van der Waals surface area (Å²) < 4.78 is 5.12. The fourth-order valence-corrected chi connectivity index (χ4v) is 1.64. The summed E-state index contributed by atoms with van der Waals surface area (Å²) in [5.41, 5.74) is 4.50. The minimum atomic E-state index is -0.977. The van der Waals surface area contributed by atoms with Crippen LogP contribution in [0.25, 0.3) is 0 Å². The lowest BCUT2D eigenvalue weighted by Gasteiger charge is -2.27. The first kappa shape index (κ1) is 12.8.